The van der Waals surface area contributed by atoms with Crippen LogP contribution in [0.3, 0.4) is 0 Å². The summed E-state index contributed by atoms with van der Waals surface area (Å²) in [5, 5.41) is 0. The Balaban J connectivity index is 2.75. The van der Waals surface area contributed by atoms with E-state index < -0.39 is 0 Å². The molecule has 0 saturated carbocycles. The fraction of sp³-hybridized carbons (Fsp3) is 0.333. The molecule has 1 rings (SSSR count). The van der Waals surface area contributed by atoms with Gasteiger partial charge in [0.05, 0.1) is 11.7 Å². The summed E-state index contributed by atoms with van der Waals surface area (Å²) in [5.41, 5.74) is 3.49. The van der Waals surface area contributed by atoms with Crippen molar-refractivity contribution in [2.24, 2.45) is 5.84 Å². The molecule has 0 radical (unpaired) electrons. The lowest BCUT2D eigenvalue weighted by molar-refractivity contribution is 0.585. The van der Waals surface area contributed by atoms with Crippen molar-refractivity contribution in [1.29, 1.82) is 0 Å². The first-order chi connectivity index (χ1) is 4.84. The van der Waals surface area contributed by atoms with Gasteiger partial charge in [-0.1, -0.05) is 0 Å². The lowest BCUT2D eigenvalue weighted by atomic mass is 10.2. The third-order valence-electron chi connectivity index (χ3n) is 1.30. The summed E-state index contributed by atoms with van der Waals surface area (Å²) in [6.07, 6.45) is 3.19. The molecule has 0 aliphatic rings. The lowest BCUT2D eigenvalue weighted by Crippen LogP contribution is -2.26. The van der Waals surface area contributed by atoms with E-state index in [1.807, 2.05) is 13.0 Å². The smallest absolute Gasteiger partial charge is 0.115 e. The fourth-order valence-corrected chi connectivity index (χ4v) is 0.642. The van der Waals surface area contributed by atoms with Gasteiger partial charge in [0, 0.05) is 6.20 Å². The van der Waals surface area contributed by atoms with E-state index in [1.165, 1.54) is 6.33 Å². The number of hydrazine groups is 1. The van der Waals surface area contributed by atoms with Crippen LogP contribution in [0.5, 0.6) is 0 Å². The van der Waals surface area contributed by atoms with Crippen molar-refractivity contribution in [3.8, 4) is 0 Å². The van der Waals surface area contributed by atoms with Crippen LogP contribution in [0.15, 0.2) is 18.6 Å². The molecular formula is C6H10N4. The quantitative estimate of drug-likeness (QED) is 0.446. The molecule has 54 valence electrons. The molecule has 0 spiro atoms. The van der Waals surface area contributed by atoms with Gasteiger partial charge < -0.3 is 0 Å². The number of nitrogens with one attached hydrogen (secondary N) is 1. The summed E-state index contributed by atoms with van der Waals surface area (Å²) in [6, 6.07) is 1.91. The second-order valence-corrected chi connectivity index (χ2v) is 2.02. The number of hydrogen-bond donors (Lipinski definition) is 2. The van der Waals surface area contributed by atoms with Gasteiger partial charge in [-0.05, 0) is 13.0 Å². The van der Waals surface area contributed by atoms with Crippen molar-refractivity contribution in [2.45, 2.75) is 13.0 Å². The lowest BCUT2D eigenvalue weighted by Gasteiger charge is -2.06. The summed E-state index contributed by atoms with van der Waals surface area (Å²) < 4.78 is 0. The predicted octanol–water partition coefficient (Wildman–Crippen LogP) is 0.000900. The minimum Gasteiger partial charge on any atom is -0.271 e. The minimum atomic E-state index is 0.0861. The number of hydrogen-bond acceptors (Lipinski definition) is 4. The Labute approximate surface area is 59.5 Å². The average molecular weight is 138 g/mol. The molecule has 1 aromatic heterocycles. The Kier molecular flexibility index (Phi) is 2.30. The van der Waals surface area contributed by atoms with Gasteiger partial charge in [-0.3, -0.25) is 11.3 Å². The number of nitrogens with two attached hydrogens (primary N) is 1. The highest BCUT2D eigenvalue weighted by Gasteiger charge is 2.00. The zero-order valence-corrected chi connectivity index (χ0v) is 5.78. The van der Waals surface area contributed by atoms with E-state index in [-0.39, 0.29) is 6.04 Å². The van der Waals surface area contributed by atoms with Gasteiger partial charge in [0.15, 0.2) is 0 Å². The summed E-state index contributed by atoms with van der Waals surface area (Å²) in [4.78, 5) is 7.78. The van der Waals surface area contributed by atoms with Gasteiger partial charge in [-0.25, -0.2) is 9.97 Å². The Morgan fingerprint density at radius 3 is 3.00 bits per heavy atom. The van der Waals surface area contributed by atoms with Crippen LogP contribution < -0.4 is 11.3 Å². The molecule has 10 heavy (non-hydrogen) atoms. The molecule has 0 aliphatic heterocycles. The highest BCUT2D eigenvalue weighted by molar-refractivity contribution is 5.02. The molecule has 1 aromatic rings. The average Bonchev–Trinajstić information content (AvgIpc) is 2.05. The molecule has 0 aliphatic carbocycles. The van der Waals surface area contributed by atoms with Gasteiger partial charge in [0.1, 0.15) is 6.33 Å². The number of rotatable bonds is 2. The third-order valence-corrected chi connectivity index (χ3v) is 1.30. The van der Waals surface area contributed by atoms with Crippen molar-refractivity contribution < 1.29 is 0 Å². The first kappa shape index (κ1) is 7.11. The van der Waals surface area contributed by atoms with Crippen molar-refractivity contribution in [2.75, 3.05) is 0 Å². The van der Waals surface area contributed by atoms with E-state index in [9.17, 15) is 0 Å². The largest absolute Gasteiger partial charge is 0.271 e. The predicted molar refractivity (Wildman–Crippen MR) is 37.8 cm³/mol. The molecule has 0 fully saturated rings. The van der Waals surface area contributed by atoms with E-state index in [1.54, 1.807) is 6.20 Å². The minimum absolute atomic E-state index is 0.0861. The summed E-state index contributed by atoms with van der Waals surface area (Å²) in [5.74, 6) is 5.19. The molecule has 1 heterocycles. The zero-order valence-electron chi connectivity index (χ0n) is 5.78. The van der Waals surface area contributed by atoms with E-state index in [4.69, 9.17) is 5.84 Å². The zero-order chi connectivity index (χ0) is 7.40. The molecule has 0 bridgehead atoms. The SMILES string of the molecule is CC(NN)c1ccncn1. The normalized spacial score (nSPS) is 13.0. The topological polar surface area (TPSA) is 63.8 Å². The van der Waals surface area contributed by atoms with Gasteiger partial charge in [0.25, 0.3) is 0 Å². The van der Waals surface area contributed by atoms with Crippen LogP contribution in [0.4, 0.5) is 0 Å². The van der Waals surface area contributed by atoms with Gasteiger partial charge in [0.2, 0.25) is 0 Å². The molecule has 0 amide bonds. The molecule has 1 atom stereocenters. The van der Waals surface area contributed by atoms with Crippen LogP contribution in [-0.2, 0) is 0 Å². The second kappa shape index (κ2) is 3.24. The Bertz CT molecular complexity index is 186. The van der Waals surface area contributed by atoms with Gasteiger partial charge >= 0.3 is 0 Å². The molecule has 4 nitrogen and oxygen atoms in total. The van der Waals surface area contributed by atoms with Gasteiger partial charge in [-0.15, -0.1) is 0 Å². The monoisotopic (exact) mass is 138 g/mol. The van der Waals surface area contributed by atoms with E-state index in [0.29, 0.717) is 0 Å². The maximum atomic E-state index is 5.19. The van der Waals surface area contributed by atoms with Crippen LogP contribution in [0, 0.1) is 0 Å². The molecule has 0 aromatic carbocycles. The number of aromatic nitrogens is 2. The summed E-state index contributed by atoms with van der Waals surface area (Å²) in [7, 11) is 0. The van der Waals surface area contributed by atoms with Crippen molar-refractivity contribution in [3.05, 3.63) is 24.3 Å². The Morgan fingerprint density at radius 2 is 2.50 bits per heavy atom. The third kappa shape index (κ3) is 1.49. The maximum absolute atomic E-state index is 5.19. The number of nitrogens with zero attached hydrogens (tertiary/aromatic N) is 2. The molecular weight excluding hydrogens is 128 g/mol. The van der Waals surface area contributed by atoms with Crippen LogP contribution in [-0.4, -0.2) is 9.97 Å². The first-order valence-electron chi connectivity index (χ1n) is 3.06. The molecule has 1 unspecified atom stereocenters. The van der Waals surface area contributed by atoms with Crippen LogP contribution in [0.1, 0.15) is 18.7 Å². The van der Waals surface area contributed by atoms with Crippen molar-refractivity contribution >= 4 is 0 Å². The van der Waals surface area contributed by atoms with Crippen molar-refractivity contribution in [1.82, 2.24) is 15.4 Å². The molecule has 0 saturated heterocycles. The fourth-order valence-electron chi connectivity index (χ4n) is 0.642. The molecule has 4 heteroatoms. The highest BCUT2D eigenvalue weighted by atomic mass is 15.2. The Hall–Kier alpha value is -1.00. The van der Waals surface area contributed by atoms with Crippen LogP contribution in [0.2, 0.25) is 0 Å². The van der Waals surface area contributed by atoms with E-state index in [0.717, 1.165) is 5.69 Å². The summed E-state index contributed by atoms with van der Waals surface area (Å²) >= 11 is 0. The highest BCUT2D eigenvalue weighted by Crippen LogP contribution is 2.03. The first-order valence-corrected chi connectivity index (χ1v) is 3.06. The second-order valence-electron chi connectivity index (χ2n) is 2.02. The van der Waals surface area contributed by atoms with Crippen molar-refractivity contribution in [3.63, 3.8) is 0 Å². The standard InChI is InChI=1S/C6H10N4/c1-5(10-7)6-2-3-8-4-9-6/h2-5,10H,7H2,1H3. The Morgan fingerprint density at radius 1 is 1.70 bits per heavy atom. The van der Waals surface area contributed by atoms with E-state index in [2.05, 4.69) is 15.4 Å². The maximum Gasteiger partial charge on any atom is 0.115 e. The molecule has 3 N–H and O–H groups in total. The van der Waals surface area contributed by atoms with Gasteiger partial charge in [-0.2, -0.15) is 0 Å². The van der Waals surface area contributed by atoms with Crippen LogP contribution >= 0.6 is 0 Å². The van der Waals surface area contributed by atoms with E-state index >= 15 is 0 Å². The summed E-state index contributed by atoms with van der Waals surface area (Å²) in [6.45, 7) is 1.93. The van der Waals surface area contributed by atoms with Crippen LogP contribution in [0.25, 0.3) is 0 Å².